The van der Waals surface area contributed by atoms with E-state index in [0.717, 1.165) is 11.8 Å². The molecule has 1 aromatic carbocycles. The fourth-order valence-electron chi connectivity index (χ4n) is 3.23. The topological polar surface area (TPSA) is 59.8 Å². The minimum atomic E-state index is -2.95. The van der Waals surface area contributed by atoms with Crippen LogP contribution in [0.3, 0.4) is 0 Å². The summed E-state index contributed by atoms with van der Waals surface area (Å²) < 4.78 is 42.5. The number of nitrogens with one attached hydrogen (secondary N) is 1. The molecule has 1 N–H and O–H groups in total. The molecule has 0 radical (unpaired) electrons. The second-order valence-electron chi connectivity index (χ2n) is 7.07. The lowest BCUT2D eigenvalue weighted by molar-refractivity contribution is -0.0364. The summed E-state index contributed by atoms with van der Waals surface area (Å²) in [7, 11) is 0. The van der Waals surface area contributed by atoms with Crippen LogP contribution in [-0.2, 0) is 12.5 Å². The number of carbonyl (C=O) groups excluding carboxylic acids is 1. The molecule has 1 aliphatic rings. The molecule has 0 saturated carbocycles. The number of alkyl halides is 2. The number of nitrogens with zero attached hydrogens (tertiary/aromatic N) is 3. The van der Waals surface area contributed by atoms with Crippen molar-refractivity contribution >= 4 is 11.7 Å². The van der Waals surface area contributed by atoms with Gasteiger partial charge >= 0.3 is 0 Å². The van der Waals surface area contributed by atoms with Crippen molar-refractivity contribution in [3.05, 3.63) is 76.5 Å². The molecule has 0 spiro atoms. The molecular formula is C22H17F3N4O. The third kappa shape index (κ3) is 4.06. The molecule has 30 heavy (non-hydrogen) atoms. The number of amides is 1. The van der Waals surface area contributed by atoms with Crippen LogP contribution in [-0.4, -0.2) is 20.7 Å². The van der Waals surface area contributed by atoms with Gasteiger partial charge in [-0.3, -0.25) is 14.5 Å². The number of hydrogen-bond acceptors (Lipinski definition) is 3. The number of benzene rings is 1. The number of pyridine rings is 1. The van der Waals surface area contributed by atoms with Gasteiger partial charge in [-0.15, -0.1) is 0 Å². The Kier molecular flexibility index (Phi) is 5.04. The van der Waals surface area contributed by atoms with Crippen molar-refractivity contribution in [2.45, 2.75) is 32.2 Å². The standard InChI is InChI=1S/C22H17F3N4O/c1-14-3-5-17(10-16(14)6-4-15-9-18(23)13-26-12-15)21(30)27-20-11-19-22(24,25)7-2-8-29(19)28-20/h3,5,9-13H,2,7-8H2,1H3,(H,27,28,30). The predicted molar refractivity (Wildman–Crippen MR) is 105 cm³/mol. The van der Waals surface area contributed by atoms with E-state index in [-0.39, 0.29) is 17.9 Å². The summed E-state index contributed by atoms with van der Waals surface area (Å²) in [5.41, 5.74) is 1.94. The van der Waals surface area contributed by atoms with E-state index in [1.165, 1.54) is 23.0 Å². The van der Waals surface area contributed by atoms with Crippen LogP contribution in [0.2, 0.25) is 0 Å². The molecule has 0 bridgehead atoms. The normalized spacial score (nSPS) is 14.4. The number of hydrogen-bond donors (Lipinski definition) is 1. The molecule has 0 fully saturated rings. The zero-order valence-electron chi connectivity index (χ0n) is 16.0. The van der Waals surface area contributed by atoms with Gasteiger partial charge in [0, 0.05) is 41.9 Å². The van der Waals surface area contributed by atoms with E-state index in [1.54, 1.807) is 18.2 Å². The van der Waals surface area contributed by atoms with Crippen LogP contribution < -0.4 is 5.32 Å². The summed E-state index contributed by atoms with van der Waals surface area (Å²) in [5, 5.41) is 6.64. The van der Waals surface area contributed by atoms with E-state index in [4.69, 9.17) is 0 Å². The number of fused-ring (bicyclic) bond motifs is 1. The Bertz CT molecular complexity index is 1190. The predicted octanol–water partition coefficient (Wildman–Crippen LogP) is 4.26. The van der Waals surface area contributed by atoms with Gasteiger partial charge in [-0.2, -0.15) is 13.9 Å². The molecule has 3 heterocycles. The SMILES string of the molecule is Cc1ccc(C(=O)Nc2cc3n(n2)CCCC3(F)F)cc1C#Cc1cncc(F)c1. The van der Waals surface area contributed by atoms with E-state index >= 15 is 0 Å². The average Bonchev–Trinajstić information content (AvgIpc) is 3.11. The van der Waals surface area contributed by atoms with Crippen molar-refractivity contribution in [1.82, 2.24) is 14.8 Å². The van der Waals surface area contributed by atoms with Crippen LogP contribution in [0, 0.1) is 24.6 Å². The Morgan fingerprint density at radius 2 is 2.03 bits per heavy atom. The highest BCUT2D eigenvalue weighted by Gasteiger charge is 2.38. The van der Waals surface area contributed by atoms with Gasteiger partial charge in [0.15, 0.2) is 5.82 Å². The minimum Gasteiger partial charge on any atom is -0.305 e. The first-order valence-corrected chi connectivity index (χ1v) is 9.32. The van der Waals surface area contributed by atoms with Gasteiger partial charge in [0.05, 0.1) is 6.20 Å². The molecule has 0 atom stereocenters. The third-order valence-corrected chi connectivity index (χ3v) is 4.80. The zero-order chi connectivity index (χ0) is 21.3. The summed E-state index contributed by atoms with van der Waals surface area (Å²) in [5.74, 6) is 1.89. The molecule has 4 rings (SSSR count). The van der Waals surface area contributed by atoms with Gasteiger partial charge in [0.2, 0.25) is 0 Å². The van der Waals surface area contributed by atoms with Gasteiger partial charge in [0.1, 0.15) is 11.5 Å². The van der Waals surface area contributed by atoms with Crippen LogP contribution in [0.4, 0.5) is 19.0 Å². The molecule has 0 saturated heterocycles. The zero-order valence-corrected chi connectivity index (χ0v) is 16.0. The van der Waals surface area contributed by atoms with Crippen molar-refractivity contribution in [3.63, 3.8) is 0 Å². The van der Waals surface area contributed by atoms with Gasteiger partial charge in [0.25, 0.3) is 11.8 Å². The molecule has 2 aromatic heterocycles. The monoisotopic (exact) mass is 410 g/mol. The van der Waals surface area contributed by atoms with Crippen molar-refractivity contribution < 1.29 is 18.0 Å². The number of aromatic nitrogens is 3. The molecule has 8 heteroatoms. The molecule has 3 aromatic rings. The number of anilines is 1. The molecular weight excluding hydrogens is 393 g/mol. The van der Waals surface area contributed by atoms with Crippen LogP contribution in [0.15, 0.2) is 42.7 Å². The van der Waals surface area contributed by atoms with E-state index in [2.05, 4.69) is 27.2 Å². The smallest absolute Gasteiger partial charge is 0.289 e. The highest BCUT2D eigenvalue weighted by molar-refractivity contribution is 6.04. The van der Waals surface area contributed by atoms with Gasteiger partial charge < -0.3 is 5.32 Å². The van der Waals surface area contributed by atoms with E-state index < -0.39 is 17.6 Å². The number of halogens is 3. The maximum absolute atomic E-state index is 14.0. The third-order valence-electron chi connectivity index (χ3n) is 4.80. The van der Waals surface area contributed by atoms with E-state index in [9.17, 15) is 18.0 Å². The maximum atomic E-state index is 14.0. The molecule has 1 amide bonds. The lowest BCUT2D eigenvalue weighted by Crippen LogP contribution is -2.25. The summed E-state index contributed by atoms with van der Waals surface area (Å²) in [6.07, 6.45) is 2.63. The van der Waals surface area contributed by atoms with Crippen molar-refractivity contribution in [2.75, 3.05) is 5.32 Å². The van der Waals surface area contributed by atoms with Gasteiger partial charge in [-0.25, -0.2) is 4.39 Å². The molecule has 5 nitrogen and oxygen atoms in total. The fourth-order valence-corrected chi connectivity index (χ4v) is 3.23. The van der Waals surface area contributed by atoms with E-state index in [0.29, 0.717) is 29.7 Å². The Balaban J connectivity index is 1.56. The minimum absolute atomic E-state index is 0.0793. The van der Waals surface area contributed by atoms with Crippen molar-refractivity contribution in [2.24, 2.45) is 0 Å². The Morgan fingerprint density at radius 1 is 1.20 bits per heavy atom. The Morgan fingerprint density at radius 3 is 2.80 bits per heavy atom. The first-order chi connectivity index (χ1) is 14.3. The maximum Gasteiger partial charge on any atom is 0.289 e. The van der Waals surface area contributed by atoms with Crippen LogP contribution >= 0.6 is 0 Å². The van der Waals surface area contributed by atoms with Crippen molar-refractivity contribution in [3.8, 4) is 11.8 Å². The number of aryl methyl sites for hydroxylation is 2. The summed E-state index contributed by atoms with van der Waals surface area (Å²) in [6.45, 7) is 2.22. The average molecular weight is 410 g/mol. The van der Waals surface area contributed by atoms with Crippen LogP contribution in [0.25, 0.3) is 0 Å². The Hall–Kier alpha value is -3.60. The van der Waals surface area contributed by atoms with E-state index in [1.807, 2.05) is 6.92 Å². The molecule has 152 valence electrons. The fraction of sp³-hybridized carbons (Fsp3) is 0.227. The van der Waals surface area contributed by atoms with Crippen LogP contribution in [0.5, 0.6) is 0 Å². The molecule has 0 unspecified atom stereocenters. The molecule has 0 aliphatic carbocycles. The second kappa shape index (κ2) is 7.67. The lowest BCUT2D eigenvalue weighted by atomic mass is 10.0. The summed E-state index contributed by atoms with van der Waals surface area (Å²) >= 11 is 0. The quantitative estimate of drug-likeness (QED) is 0.642. The largest absolute Gasteiger partial charge is 0.305 e. The Labute approximate surface area is 170 Å². The number of rotatable bonds is 2. The lowest BCUT2D eigenvalue weighted by Gasteiger charge is -2.22. The highest BCUT2D eigenvalue weighted by Crippen LogP contribution is 2.37. The van der Waals surface area contributed by atoms with Crippen LogP contribution in [0.1, 0.15) is 45.6 Å². The first kappa shape index (κ1) is 19.7. The number of carbonyl (C=O) groups is 1. The van der Waals surface area contributed by atoms with Crippen molar-refractivity contribution in [1.29, 1.82) is 0 Å². The van der Waals surface area contributed by atoms with Gasteiger partial charge in [-0.05, 0) is 37.1 Å². The first-order valence-electron chi connectivity index (χ1n) is 9.32. The van der Waals surface area contributed by atoms with Gasteiger partial charge in [-0.1, -0.05) is 17.9 Å². The molecule has 1 aliphatic heterocycles. The summed E-state index contributed by atoms with van der Waals surface area (Å²) in [4.78, 5) is 16.4. The summed E-state index contributed by atoms with van der Waals surface area (Å²) in [6, 6.07) is 7.42. The highest BCUT2D eigenvalue weighted by atomic mass is 19.3. The second-order valence-corrected chi connectivity index (χ2v) is 7.07.